The van der Waals surface area contributed by atoms with Gasteiger partial charge in [-0.15, -0.1) is 0 Å². The van der Waals surface area contributed by atoms with Crippen molar-refractivity contribution in [2.75, 3.05) is 20.2 Å². The van der Waals surface area contributed by atoms with E-state index in [0.29, 0.717) is 11.1 Å². The smallest absolute Gasteiger partial charge is 0.272 e. The number of benzene rings is 2. The predicted molar refractivity (Wildman–Crippen MR) is 118 cm³/mol. The summed E-state index contributed by atoms with van der Waals surface area (Å²) in [5.74, 6) is -3.23. The maximum atomic E-state index is 15.0. The Morgan fingerprint density at radius 2 is 1.85 bits per heavy atom. The molecule has 3 aromatic rings. The third-order valence-corrected chi connectivity index (χ3v) is 6.39. The molecule has 2 aliphatic rings. The highest BCUT2D eigenvalue weighted by atomic mass is 19.3. The number of ether oxygens (including phenoxy) is 1. The molecule has 3 heterocycles. The zero-order chi connectivity index (χ0) is 23.2. The second-order valence-corrected chi connectivity index (χ2v) is 8.35. The number of nitrogens with one attached hydrogen (secondary N) is 2. The molecular formula is C24H24F3N5O. The summed E-state index contributed by atoms with van der Waals surface area (Å²) in [4.78, 5) is 5.64. The third kappa shape index (κ3) is 3.57. The van der Waals surface area contributed by atoms with E-state index in [2.05, 4.69) is 15.6 Å². The first-order valence-electron chi connectivity index (χ1n) is 10.6. The van der Waals surface area contributed by atoms with Crippen molar-refractivity contribution in [2.45, 2.75) is 23.9 Å². The van der Waals surface area contributed by atoms with Crippen LogP contribution in [-0.2, 0) is 5.54 Å². The van der Waals surface area contributed by atoms with Gasteiger partial charge in [0.15, 0.2) is 11.6 Å². The van der Waals surface area contributed by atoms with E-state index >= 15 is 4.39 Å². The zero-order valence-electron chi connectivity index (χ0n) is 17.9. The minimum atomic E-state index is -2.91. The van der Waals surface area contributed by atoms with Gasteiger partial charge in [-0.3, -0.25) is 20.5 Å². The summed E-state index contributed by atoms with van der Waals surface area (Å²) in [7, 11) is 1.42. The van der Waals surface area contributed by atoms with Crippen LogP contribution in [0.25, 0.3) is 11.1 Å². The van der Waals surface area contributed by atoms with Crippen LogP contribution in [0.4, 0.5) is 13.2 Å². The molecule has 5 rings (SSSR count). The van der Waals surface area contributed by atoms with Crippen molar-refractivity contribution in [3.8, 4) is 16.9 Å². The molecule has 172 valence electrons. The van der Waals surface area contributed by atoms with Crippen molar-refractivity contribution in [1.29, 1.82) is 0 Å². The first-order valence-corrected chi connectivity index (χ1v) is 10.6. The van der Waals surface area contributed by atoms with E-state index in [0.717, 1.165) is 11.1 Å². The third-order valence-electron chi connectivity index (χ3n) is 6.39. The molecular weight excluding hydrogens is 431 g/mol. The quantitative estimate of drug-likeness (QED) is 0.562. The lowest BCUT2D eigenvalue weighted by Crippen LogP contribution is -2.64. The molecule has 9 heteroatoms. The van der Waals surface area contributed by atoms with Crippen LogP contribution in [-0.4, -0.2) is 48.5 Å². The van der Waals surface area contributed by atoms with Crippen LogP contribution < -0.4 is 21.1 Å². The average molecular weight is 455 g/mol. The van der Waals surface area contributed by atoms with Crippen molar-refractivity contribution in [3.63, 3.8) is 0 Å². The standard InChI is InChI=1S/C24H24F3N5O/c1-33-19-7-3-6-18(20(19)25)15-4-2-5-17(12-15)24(16-8-10-29-11-9-16)21-30-13-23(26,27)14-32(21)22(28)31-24/h2-12,21-22,30-31H,13-14,28H2,1H3/t21?,22?,24-/m1/s1. The van der Waals surface area contributed by atoms with Crippen LogP contribution in [0, 0.1) is 5.82 Å². The lowest BCUT2D eigenvalue weighted by Gasteiger charge is -2.43. The predicted octanol–water partition coefficient (Wildman–Crippen LogP) is 2.85. The fourth-order valence-corrected chi connectivity index (χ4v) is 4.92. The van der Waals surface area contributed by atoms with Gasteiger partial charge in [-0.1, -0.05) is 30.3 Å². The number of rotatable bonds is 4. The highest BCUT2D eigenvalue weighted by Gasteiger charge is 2.57. The van der Waals surface area contributed by atoms with Gasteiger partial charge in [-0.05, 0) is 41.0 Å². The molecule has 4 N–H and O–H groups in total. The molecule has 0 bridgehead atoms. The molecule has 0 aliphatic carbocycles. The van der Waals surface area contributed by atoms with E-state index < -0.39 is 42.8 Å². The summed E-state index contributed by atoms with van der Waals surface area (Å²) < 4.78 is 48.6. The van der Waals surface area contributed by atoms with Crippen LogP contribution in [0.2, 0.25) is 0 Å². The van der Waals surface area contributed by atoms with E-state index in [4.69, 9.17) is 10.5 Å². The SMILES string of the molecule is COc1cccc(-c2cccc([C@@]3(c4ccncc4)NC(N)N4CC(F)(F)CNC43)c2)c1F. The van der Waals surface area contributed by atoms with E-state index in [-0.39, 0.29) is 5.75 Å². The minimum absolute atomic E-state index is 0.144. The lowest BCUT2D eigenvalue weighted by atomic mass is 9.79. The Bertz CT molecular complexity index is 1160. The Hall–Kier alpha value is -2.98. The van der Waals surface area contributed by atoms with Gasteiger partial charge in [0.25, 0.3) is 5.92 Å². The second kappa shape index (κ2) is 8.11. The van der Waals surface area contributed by atoms with Gasteiger partial charge in [-0.2, -0.15) is 0 Å². The van der Waals surface area contributed by atoms with E-state index in [9.17, 15) is 8.78 Å². The highest BCUT2D eigenvalue weighted by Crippen LogP contribution is 2.43. The van der Waals surface area contributed by atoms with E-state index in [1.807, 2.05) is 30.3 Å². The number of nitrogens with two attached hydrogens (primary N) is 1. The summed E-state index contributed by atoms with van der Waals surface area (Å²) >= 11 is 0. The summed E-state index contributed by atoms with van der Waals surface area (Å²) in [6.45, 7) is -0.949. The van der Waals surface area contributed by atoms with Crippen molar-refractivity contribution >= 4 is 0 Å². The number of nitrogens with zero attached hydrogens (tertiary/aromatic N) is 2. The van der Waals surface area contributed by atoms with Gasteiger partial charge in [0.05, 0.1) is 26.4 Å². The second-order valence-electron chi connectivity index (χ2n) is 8.35. The molecule has 2 aromatic carbocycles. The molecule has 0 radical (unpaired) electrons. The fourth-order valence-electron chi connectivity index (χ4n) is 4.92. The van der Waals surface area contributed by atoms with Gasteiger partial charge < -0.3 is 10.5 Å². The molecule has 0 amide bonds. The molecule has 33 heavy (non-hydrogen) atoms. The summed E-state index contributed by atoms with van der Waals surface area (Å²) in [6, 6.07) is 16.0. The average Bonchev–Trinajstić information content (AvgIpc) is 3.11. The molecule has 6 nitrogen and oxygen atoms in total. The number of halogens is 3. The number of fused-ring (bicyclic) bond motifs is 1. The molecule has 3 atom stereocenters. The zero-order valence-corrected chi connectivity index (χ0v) is 17.9. The molecule has 1 aromatic heterocycles. The van der Waals surface area contributed by atoms with Crippen LogP contribution in [0.3, 0.4) is 0 Å². The number of methoxy groups -OCH3 is 1. The Labute approximate surface area is 189 Å². The van der Waals surface area contributed by atoms with Crippen LogP contribution in [0.15, 0.2) is 67.0 Å². The Kier molecular flexibility index (Phi) is 5.37. The van der Waals surface area contributed by atoms with Crippen molar-refractivity contribution in [3.05, 3.63) is 83.9 Å². The fraction of sp³-hybridized carbons (Fsp3) is 0.292. The Morgan fingerprint density at radius 1 is 1.09 bits per heavy atom. The first-order chi connectivity index (χ1) is 15.9. The van der Waals surface area contributed by atoms with Gasteiger partial charge in [-0.25, -0.2) is 13.2 Å². The molecule has 0 saturated carbocycles. The number of alkyl halides is 2. The first kappa shape index (κ1) is 21.8. The molecule has 2 aliphatic heterocycles. The van der Waals surface area contributed by atoms with E-state index in [1.165, 1.54) is 12.0 Å². The number of aromatic nitrogens is 1. The Balaban J connectivity index is 1.67. The van der Waals surface area contributed by atoms with Crippen LogP contribution in [0.1, 0.15) is 11.1 Å². The van der Waals surface area contributed by atoms with Crippen molar-refractivity contribution < 1.29 is 17.9 Å². The lowest BCUT2D eigenvalue weighted by molar-refractivity contribution is -0.0834. The maximum Gasteiger partial charge on any atom is 0.272 e. The molecule has 2 fully saturated rings. The van der Waals surface area contributed by atoms with Crippen LogP contribution in [0.5, 0.6) is 5.75 Å². The number of pyridine rings is 1. The normalized spacial score (nSPS) is 26.7. The highest BCUT2D eigenvalue weighted by molar-refractivity contribution is 5.67. The van der Waals surface area contributed by atoms with Crippen LogP contribution >= 0.6 is 0 Å². The molecule has 2 unspecified atom stereocenters. The molecule has 0 spiro atoms. The van der Waals surface area contributed by atoms with E-state index in [1.54, 1.807) is 36.7 Å². The topological polar surface area (TPSA) is 75.4 Å². The summed E-state index contributed by atoms with van der Waals surface area (Å²) in [5.41, 5.74) is 7.93. The van der Waals surface area contributed by atoms with Crippen molar-refractivity contribution in [2.24, 2.45) is 5.73 Å². The Morgan fingerprint density at radius 3 is 2.61 bits per heavy atom. The van der Waals surface area contributed by atoms with Gasteiger partial charge >= 0.3 is 0 Å². The largest absolute Gasteiger partial charge is 0.494 e. The van der Waals surface area contributed by atoms with Gasteiger partial charge in [0, 0.05) is 18.0 Å². The summed E-state index contributed by atoms with van der Waals surface area (Å²) in [6.07, 6.45) is 1.92. The minimum Gasteiger partial charge on any atom is -0.494 e. The van der Waals surface area contributed by atoms with Crippen molar-refractivity contribution in [1.82, 2.24) is 20.5 Å². The number of hydrogen-bond donors (Lipinski definition) is 3. The van der Waals surface area contributed by atoms with Gasteiger partial charge in [0.2, 0.25) is 0 Å². The number of hydrogen-bond acceptors (Lipinski definition) is 6. The monoisotopic (exact) mass is 455 g/mol. The van der Waals surface area contributed by atoms with Gasteiger partial charge in [0.1, 0.15) is 11.8 Å². The summed E-state index contributed by atoms with van der Waals surface area (Å²) in [5, 5.41) is 6.35. The maximum absolute atomic E-state index is 15.0. The molecule has 2 saturated heterocycles.